The third-order valence-electron chi connectivity index (χ3n) is 3.54. The summed E-state index contributed by atoms with van der Waals surface area (Å²) in [5, 5.41) is 0. The van der Waals surface area contributed by atoms with Crippen LogP contribution in [0.4, 0.5) is 4.79 Å². The maximum Gasteiger partial charge on any atom is 0.411 e. The van der Waals surface area contributed by atoms with E-state index >= 15 is 0 Å². The average molecular weight is 281 g/mol. The molecule has 112 valence electrons. The second kappa shape index (κ2) is 5.11. The number of ether oxygens (including phenoxy) is 2. The van der Waals surface area contributed by atoms with Crippen LogP contribution in [-0.4, -0.2) is 41.3 Å². The fraction of sp³-hybridized carbons (Fsp3) is 0.733. The van der Waals surface area contributed by atoms with Gasteiger partial charge in [-0.1, -0.05) is 6.92 Å². The van der Waals surface area contributed by atoms with Crippen LogP contribution < -0.4 is 0 Å². The molecule has 0 unspecified atom stereocenters. The number of fused-ring (bicyclic) bond motifs is 1. The van der Waals surface area contributed by atoms with E-state index in [0.717, 1.165) is 0 Å². The highest BCUT2D eigenvalue weighted by Crippen LogP contribution is 2.43. The average Bonchev–Trinajstić information content (AvgIpc) is 3.01. The van der Waals surface area contributed by atoms with Crippen molar-refractivity contribution in [3.63, 3.8) is 0 Å². The van der Waals surface area contributed by atoms with Crippen molar-refractivity contribution < 1.29 is 19.1 Å². The van der Waals surface area contributed by atoms with Crippen LogP contribution in [0.3, 0.4) is 0 Å². The lowest BCUT2D eigenvalue weighted by Gasteiger charge is -2.20. The van der Waals surface area contributed by atoms with E-state index in [9.17, 15) is 9.59 Å². The maximum atomic E-state index is 12.1. The van der Waals surface area contributed by atoms with Gasteiger partial charge in [0.25, 0.3) is 0 Å². The molecule has 0 saturated carbocycles. The van der Waals surface area contributed by atoms with Gasteiger partial charge in [0.2, 0.25) is 0 Å². The highest BCUT2D eigenvalue weighted by molar-refractivity contribution is 5.89. The van der Waals surface area contributed by atoms with Crippen LogP contribution in [0.15, 0.2) is 11.6 Å². The molecule has 3 atom stereocenters. The first-order valence-electron chi connectivity index (χ1n) is 7.13. The topological polar surface area (TPSA) is 55.6 Å². The molecule has 2 aliphatic rings. The highest BCUT2D eigenvalue weighted by atomic mass is 16.6. The van der Waals surface area contributed by atoms with Gasteiger partial charge < -0.3 is 9.47 Å². The summed E-state index contributed by atoms with van der Waals surface area (Å²) in [5.74, 6) is -0.0224. The second-order valence-corrected chi connectivity index (χ2v) is 6.46. The highest BCUT2D eigenvalue weighted by Gasteiger charge is 2.56. The van der Waals surface area contributed by atoms with E-state index in [4.69, 9.17) is 9.47 Å². The van der Waals surface area contributed by atoms with Crippen molar-refractivity contribution >= 4 is 12.1 Å². The van der Waals surface area contributed by atoms with Crippen molar-refractivity contribution in [1.82, 2.24) is 4.90 Å². The number of nitrogens with zero attached hydrogens (tertiary/aromatic N) is 1. The summed E-state index contributed by atoms with van der Waals surface area (Å²) in [6.07, 6.45) is 2.20. The zero-order chi connectivity index (χ0) is 15.1. The smallest absolute Gasteiger partial charge is 0.411 e. The molecule has 1 heterocycles. The number of hydrogen-bond donors (Lipinski definition) is 0. The summed E-state index contributed by atoms with van der Waals surface area (Å²) < 4.78 is 10.4. The lowest BCUT2D eigenvalue weighted by Crippen LogP contribution is -2.28. The molecule has 1 aliphatic heterocycles. The van der Waals surface area contributed by atoms with Crippen molar-refractivity contribution in [2.24, 2.45) is 5.92 Å². The molecule has 0 spiro atoms. The molecule has 5 nitrogen and oxygen atoms in total. The first-order chi connectivity index (χ1) is 9.24. The number of hydrogen-bond acceptors (Lipinski definition) is 4. The molecule has 5 heteroatoms. The van der Waals surface area contributed by atoms with Gasteiger partial charge in [-0.05, 0) is 46.1 Å². The maximum absolute atomic E-state index is 12.1. The fourth-order valence-electron chi connectivity index (χ4n) is 2.73. The number of amides is 1. The minimum atomic E-state index is -0.500. The Kier molecular flexibility index (Phi) is 3.80. The van der Waals surface area contributed by atoms with Gasteiger partial charge in [0.1, 0.15) is 5.60 Å². The van der Waals surface area contributed by atoms with Gasteiger partial charge >= 0.3 is 12.1 Å². The van der Waals surface area contributed by atoms with E-state index in [2.05, 4.69) is 0 Å². The Balaban J connectivity index is 2.06. The van der Waals surface area contributed by atoms with Gasteiger partial charge in [0, 0.05) is 5.57 Å². The Morgan fingerprint density at radius 2 is 2.05 bits per heavy atom. The summed E-state index contributed by atoms with van der Waals surface area (Å²) >= 11 is 0. The minimum Gasteiger partial charge on any atom is -0.463 e. The lowest BCUT2D eigenvalue weighted by molar-refractivity contribution is -0.138. The number of carbonyl (C=O) groups excluding carboxylic acids is 2. The Bertz CT molecular complexity index is 449. The van der Waals surface area contributed by atoms with Crippen LogP contribution in [0.2, 0.25) is 0 Å². The zero-order valence-electron chi connectivity index (χ0n) is 12.8. The molecule has 0 bridgehead atoms. The molecule has 0 aromatic carbocycles. The number of rotatable bonds is 2. The van der Waals surface area contributed by atoms with Crippen molar-refractivity contribution in [3.8, 4) is 0 Å². The van der Waals surface area contributed by atoms with E-state index < -0.39 is 5.60 Å². The molecule has 0 N–H and O–H groups in total. The number of carbonyl (C=O) groups is 2. The minimum absolute atomic E-state index is 0.0204. The van der Waals surface area contributed by atoms with Crippen LogP contribution in [0, 0.1) is 5.92 Å². The molecular weight excluding hydrogens is 258 g/mol. The summed E-state index contributed by atoms with van der Waals surface area (Å²) in [6.45, 7) is 9.75. The lowest BCUT2D eigenvalue weighted by atomic mass is 9.90. The van der Waals surface area contributed by atoms with Gasteiger partial charge in [-0.15, -0.1) is 0 Å². The summed E-state index contributed by atoms with van der Waals surface area (Å²) in [7, 11) is 0. The third kappa shape index (κ3) is 2.97. The molecule has 0 aromatic rings. The standard InChI is InChI=1S/C15H23NO4/c1-6-19-13(17)10-7-9(2)12-11(8-10)16(12)14(18)20-15(3,4)5/h8-9,11-12H,6-7H2,1-5H3/t9-,11-,12+,16?/m0/s1. The molecule has 0 radical (unpaired) electrons. The molecule has 0 aromatic heterocycles. The van der Waals surface area contributed by atoms with Crippen LogP contribution >= 0.6 is 0 Å². The van der Waals surface area contributed by atoms with Crippen molar-refractivity contribution in [1.29, 1.82) is 0 Å². The molecule has 1 saturated heterocycles. The van der Waals surface area contributed by atoms with E-state index in [1.54, 1.807) is 11.8 Å². The second-order valence-electron chi connectivity index (χ2n) is 6.46. The van der Waals surface area contributed by atoms with Crippen LogP contribution in [-0.2, 0) is 14.3 Å². The van der Waals surface area contributed by atoms with Gasteiger partial charge in [-0.25, -0.2) is 9.59 Å². The molecule has 2 rings (SSSR count). The Hall–Kier alpha value is -1.52. The SMILES string of the molecule is CCOC(=O)C1=C[C@H]2[C@@H]([C@@H](C)C1)N2C(=O)OC(C)(C)C. The molecule has 1 amide bonds. The van der Waals surface area contributed by atoms with E-state index in [1.165, 1.54) is 0 Å². The van der Waals surface area contributed by atoms with Crippen molar-refractivity contribution in [2.75, 3.05) is 6.61 Å². The summed E-state index contributed by atoms with van der Waals surface area (Å²) in [4.78, 5) is 25.6. The van der Waals surface area contributed by atoms with Crippen LogP contribution in [0.1, 0.15) is 41.0 Å². The van der Waals surface area contributed by atoms with Crippen molar-refractivity contribution in [3.05, 3.63) is 11.6 Å². The predicted octanol–water partition coefficient (Wildman–Crippen LogP) is 2.50. The predicted molar refractivity (Wildman–Crippen MR) is 74.1 cm³/mol. The van der Waals surface area contributed by atoms with Gasteiger partial charge in [0.15, 0.2) is 0 Å². The molecule has 1 aliphatic carbocycles. The summed E-state index contributed by atoms with van der Waals surface area (Å²) in [6, 6.07) is 0.135. The molecule has 1 fully saturated rings. The monoisotopic (exact) mass is 281 g/mol. The Labute approximate surface area is 119 Å². The quantitative estimate of drug-likeness (QED) is 0.576. The van der Waals surface area contributed by atoms with Gasteiger partial charge in [0.05, 0.1) is 18.7 Å². The third-order valence-corrected chi connectivity index (χ3v) is 3.54. The van der Waals surface area contributed by atoms with E-state index in [0.29, 0.717) is 18.6 Å². The van der Waals surface area contributed by atoms with Gasteiger partial charge in [-0.2, -0.15) is 0 Å². The fourth-order valence-corrected chi connectivity index (χ4v) is 2.73. The molecular formula is C15H23NO4. The molecule has 20 heavy (non-hydrogen) atoms. The van der Waals surface area contributed by atoms with Gasteiger partial charge in [-0.3, -0.25) is 4.90 Å². The van der Waals surface area contributed by atoms with E-state index in [-0.39, 0.29) is 30.1 Å². The number of esters is 1. The summed E-state index contributed by atoms with van der Waals surface area (Å²) in [5.41, 5.74) is 0.173. The normalized spacial score (nSPS) is 28.4. The van der Waals surface area contributed by atoms with Crippen LogP contribution in [0.25, 0.3) is 0 Å². The Morgan fingerprint density at radius 3 is 2.60 bits per heavy atom. The first kappa shape index (κ1) is 14.9. The largest absolute Gasteiger partial charge is 0.463 e. The van der Waals surface area contributed by atoms with Crippen molar-refractivity contribution in [2.45, 2.75) is 58.7 Å². The zero-order valence-corrected chi connectivity index (χ0v) is 12.8. The van der Waals surface area contributed by atoms with E-state index in [1.807, 2.05) is 33.8 Å². The first-order valence-corrected chi connectivity index (χ1v) is 7.13. The van der Waals surface area contributed by atoms with Crippen LogP contribution in [0.5, 0.6) is 0 Å². The Morgan fingerprint density at radius 1 is 1.40 bits per heavy atom.